The number of carbonyl (C=O) groups is 2. The van der Waals surface area contributed by atoms with Crippen molar-refractivity contribution in [3.8, 4) is 0 Å². The zero-order chi connectivity index (χ0) is 18.6. The minimum atomic E-state index is -0.754. The number of hydrogen-bond donors (Lipinski definition) is 1. The fourth-order valence-electron chi connectivity index (χ4n) is 1.91. The summed E-state index contributed by atoms with van der Waals surface area (Å²) < 4.78 is 5.60. The first kappa shape index (κ1) is 18.9. The van der Waals surface area contributed by atoms with Gasteiger partial charge in [0.05, 0.1) is 15.5 Å². The lowest BCUT2D eigenvalue weighted by atomic mass is 10.2. The Hall–Kier alpha value is -2.45. The molecule has 1 amide bonds. The van der Waals surface area contributed by atoms with Crippen molar-refractivity contribution in [1.29, 1.82) is 0 Å². The molecule has 2 aromatic rings. The highest BCUT2D eigenvalue weighted by atomic mass is 79.9. The van der Waals surface area contributed by atoms with Crippen LogP contribution in [0.25, 0.3) is 0 Å². The molecule has 9 heteroatoms. The van der Waals surface area contributed by atoms with Crippen molar-refractivity contribution in [2.75, 3.05) is 11.9 Å². The lowest BCUT2D eigenvalue weighted by molar-refractivity contribution is -0.384. The van der Waals surface area contributed by atoms with Crippen LogP contribution in [0.4, 0.5) is 11.4 Å². The van der Waals surface area contributed by atoms with Gasteiger partial charge in [-0.15, -0.1) is 0 Å². The molecule has 0 spiro atoms. The topological polar surface area (TPSA) is 98.5 Å². The summed E-state index contributed by atoms with van der Waals surface area (Å²) in [4.78, 5) is 33.7. The van der Waals surface area contributed by atoms with Crippen molar-refractivity contribution < 1.29 is 19.2 Å². The molecule has 130 valence electrons. The average Bonchev–Trinajstić information content (AvgIpc) is 2.60. The van der Waals surface area contributed by atoms with Gasteiger partial charge in [0, 0.05) is 22.3 Å². The summed E-state index contributed by atoms with van der Waals surface area (Å²) >= 11 is 9.36. The highest BCUT2D eigenvalue weighted by Crippen LogP contribution is 2.30. The standard InChI is InChI=1S/C16H12BrClN2O5/c1-9-13(7-6-12(17)15(9)18)19-14(21)8-25-16(22)10-2-4-11(5-3-10)20(23)24/h2-7H,8H2,1H3,(H,19,21). The summed E-state index contributed by atoms with van der Waals surface area (Å²) in [7, 11) is 0. The lowest BCUT2D eigenvalue weighted by Crippen LogP contribution is -2.21. The molecule has 25 heavy (non-hydrogen) atoms. The van der Waals surface area contributed by atoms with Crippen LogP contribution in [0.2, 0.25) is 5.02 Å². The Morgan fingerprint density at radius 1 is 1.24 bits per heavy atom. The number of ether oxygens (including phenoxy) is 1. The van der Waals surface area contributed by atoms with Crippen LogP contribution >= 0.6 is 27.5 Å². The van der Waals surface area contributed by atoms with Crippen LogP contribution in [-0.4, -0.2) is 23.4 Å². The van der Waals surface area contributed by atoms with Gasteiger partial charge in [-0.25, -0.2) is 4.79 Å². The molecule has 0 bridgehead atoms. The van der Waals surface area contributed by atoms with Gasteiger partial charge in [-0.1, -0.05) is 11.6 Å². The molecule has 0 atom stereocenters. The summed E-state index contributed by atoms with van der Waals surface area (Å²) in [6, 6.07) is 8.25. The molecule has 0 aliphatic heterocycles. The first-order chi connectivity index (χ1) is 11.8. The maximum absolute atomic E-state index is 11.9. The second-order valence-electron chi connectivity index (χ2n) is 4.96. The number of amides is 1. The van der Waals surface area contributed by atoms with E-state index in [9.17, 15) is 19.7 Å². The Morgan fingerprint density at radius 2 is 1.88 bits per heavy atom. The number of hydrogen-bond acceptors (Lipinski definition) is 5. The number of nitro benzene ring substituents is 1. The normalized spacial score (nSPS) is 10.2. The number of nitro groups is 1. The molecule has 0 aliphatic rings. The molecule has 0 unspecified atom stereocenters. The highest BCUT2D eigenvalue weighted by molar-refractivity contribution is 9.10. The molecular weight excluding hydrogens is 416 g/mol. The highest BCUT2D eigenvalue weighted by Gasteiger charge is 2.14. The van der Waals surface area contributed by atoms with E-state index in [2.05, 4.69) is 21.2 Å². The maximum atomic E-state index is 11.9. The number of nitrogens with one attached hydrogen (secondary N) is 1. The minimum Gasteiger partial charge on any atom is -0.452 e. The zero-order valence-corrected chi connectivity index (χ0v) is 15.3. The van der Waals surface area contributed by atoms with Crippen LogP contribution in [0.3, 0.4) is 0 Å². The van der Waals surface area contributed by atoms with Crippen molar-refractivity contribution in [3.63, 3.8) is 0 Å². The molecule has 0 saturated carbocycles. The van der Waals surface area contributed by atoms with Gasteiger partial charge in [0.1, 0.15) is 0 Å². The van der Waals surface area contributed by atoms with E-state index in [0.29, 0.717) is 20.7 Å². The van der Waals surface area contributed by atoms with E-state index in [-0.39, 0.29) is 11.3 Å². The van der Waals surface area contributed by atoms with E-state index >= 15 is 0 Å². The van der Waals surface area contributed by atoms with Gasteiger partial charge in [-0.05, 0) is 52.7 Å². The maximum Gasteiger partial charge on any atom is 0.338 e. The first-order valence-electron chi connectivity index (χ1n) is 6.95. The quantitative estimate of drug-likeness (QED) is 0.440. The van der Waals surface area contributed by atoms with Crippen LogP contribution in [0.5, 0.6) is 0 Å². The van der Waals surface area contributed by atoms with Gasteiger partial charge in [-0.3, -0.25) is 14.9 Å². The van der Waals surface area contributed by atoms with Crippen molar-refractivity contribution in [2.45, 2.75) is 6.92 Å². The third kappa shape index (κ3) is 4.77. The smallest absolute Gasteiger partial charge is 0.338 e. The Bertz CT molecular complexity index is 839. The van der Waals surface area contributed by atoms with Gasteiger partial charge in [0.15, 0.2) is 6.61 Å². The van der Waals surface area contributed by atoms with E-state index in [1.807, 2.05) is 0 Å². The van der Waals surface area contributed by atoms with Crippen LogP contribution in [0.1, 0.15) is 15.9 Å². The van der Waals surface area contributed by atoms with E-state index in [4.69, 9.17) is 16.3 Å². The Labute approximate surface area is 156 Å². The summed E-state index contributed by atoms with van der Waals surface area (Å²) in [5, 5.41) is 13.6. The van der Waals surface area contributed by atoms with Gasteiger partial charge < -0.3 is 10.1 Å². The Balaban J connectivity index is 1.94. The third-order valence-corrected chi connectivity index (χ3v) is 4.64. The fraction of sp³-hybridized carbons (Fsp3) is 0.125. The fourth-order valence-corrected chi connectivity index (χ4v) is 2.50. The molecule has 0 aliphatic carbocycles. The van der Waals surface area contributed by atoms with Gasteiger partial charge in [0.2, 0.25) is 0 Å². The number of nitrogens with zero attached hydrogens (tertiary/aromatic N) is 1. The number of anilines is 1. The van der Waals surface area contributed by atoms with Crippen LogP contribution in [0, 0.1) is 17.0 Å². The summed E-state index contributed by atoms with van der Waals surface area (Å²) in [5.74, 6) is -1.28. The Morgan fingerprint density at radius 3 is 2.48 bits per heavy atom. The number of rotatable bonds is 5. The van der Waals surface area contributed by atoms with Crippen LogP contribution < -0.4 is 5.32 Å². The molecule has 0 fully saturated rings. The Kier molecular flexibility index (Phi) is 6.11. The van der Waals surface area contributed by atoms with Crippen molar-refractivity contribution in [2.24, 2.45) is 0 Å². The average molecular weight is 428 g/mol. The van der Waals surface area contributed by atoms with Crippen molar-refractivity contribution in [3.05, 3.63) is 67.1 Å². The van der Waals surface area contributed by atoms with E-state index < -0.39 is 23.4 Å². The number of halogens is 2. The molecule has 1 N–H and O–H groups in total. The van der Waals surface area contributed by atoms with Crippen molar-refractivity contribution >= 4 is 50.8 Å². The van der Waals surface area contributed by atoms with Crippen LogP contribution in [-0.2, 0) is 9.53 Å². The molecule has 0 radical (unpaired) electrons. The van der Waals surface area contributed by atoms with Crippen LogP contribution in [0.15, 0.2) is 40.9 Å². The van der Waals surface area contributed by atoms with Crippen molar-refractivity contribution in [1.82, 2.24) is 0 Å². The molecule has 0 saturated heterocycles. The third-order valence-electron chi connectivity index (χ3n) is 3.26. The molecule has 7 nitrogen and oxygen atoms in total. The first-order valence-corrected chi connectivity index (χ1v) is 8.12. The summed E-state index contributed by atoms with van der Waals surface area (Å²) in [5.41, 5.74) is 1.15. The van der Waals surface area contributed by atoms with E-state index in [1.54, 1.807) is 19.1 Å². The predicted octanol–water partition coefficient (Wildman–Crippen LogP) is 4.11. The largest absolute Gasteiger partial charge is 0.452 e. The molecule has 0 aromatic heterocycles. The second kappa shape index (κ2) is 8.09. The lowest BCUT2D eigenvalue weighted by Gasteiger charge is -2.11. The zero-order valence-electron chi connectivity index (χ0n) is 12.9. The SMILES string of the molecule is Cc1c(NC(=O)COC(=O)c2ccc([N+](=O)[O-])cc2)ccc(Br)c1Cl. The minimum absolute atomic E-state index is 0.112. The van der Waals surface area contributed by atoms with E-state index in [0.717, 1.165) is 0 Å². The predicted molar refractivity (Wildman–Crippen MR) is 95.9 cm³/mol. The van der Waals surface area contributed by atoms with Gasteiger partial charge in [-0.2, -0.15) is 0 Å². The number of carbonyl (C=O) groups excluding carboxylic acids is 2. The molecule has 2 aromatic carbocycles. The summed E-state index contributed by atoms with van der Waals surface area (Å²) in [6.07, 6.45) is 0. The molecule has 2 rings (SSSR count). The monoisotopic (exact) mass is 426 g/mol. The summed E-state index contributed by atoms with van der Waals surface area (Å²) in [6.45, 7) is 1.24. The number of esters is 1. The molecular formula is C16H12BrClN2O5. The van der Waals surface area contributed by atoms with Gasteiger partial charge in [0.25, 0.3) is 11.6 Å². The second-order valence-corrected chi connectivity index (χ2v) is 6.19. The number of non-ortho nitro benzene ring substituents is 1. The van der Waals surface area contributed by atoms with Gasteiger partial charge >= 0.3 is 5.97 Å². The molecule has 0 heterocycles. The van der Waals surface area contributed by atoms with E-state index in [1.165, 1.54) is 24.3 Å². The number of benzene rings is 2.